The predicted octanol–water partition coefficient (Wildman–Crippen LogP) is 7.14. The van der Waals surface area contributed by atoms with Gasteiger partial charge < -0.3 is 15.7 Å². The quantitative estimate of drug-likeness (QED) is 0.166. The molecule has 0 radical (unpaired) electrons. The molecule has 0 unspecified atom stereocenters. The number of thiophene rings is 1. The summed E-state index contributed by atoms with van der Waals surface area (Å²) in [6, 6.07) is 18.7. The van der Waals surface area contributed by atoms with Crippen LogP contribution in [0.2, 0.25) is 0 Å². The number of hydrogen-bond donors (Lipinski definition) is 3. The van der Waals surface area contributed by atoms with Gasteiger partial charge in [0.1, 0.15) is 0 Å². The molecule has 3 N–H and O–H groups in total. The Balaban J connectivity index is 1.33. The molecule has 0 atom stereocenters. The summed E-state index contributed by atoms with van der Waals surface area (Å²) in [4.78, 5) is 12.0. The molecule has 182 valence electrons. The van der Waals surface area contributed by atoms with Gasteiger partial charge in [0, 0.05) is 33.8 Å². The molecule has 4 aromatic rings. The third-order valence-corrected chi connectivity index (χ3v) is 8.67. The molecular formula is C26H29N5OS3. The lowest BCUT2D eigenvalue weighted by Gasteiger charge is -2.28. The van der Waals surface area contributed by atoms with Crippen LogP contribution < -0.4 is 10.6 Å². The van der Waals surface area contributed by atoms with Gasteiger partial charge in [-0.2, -0.15) is 4.98 Å². The van der Waals surface area contributed by atoms with Crippen molar-refractivity contribution in [2.24, 2.45) is 0 Å². The molecule has 0 saturated carbocycles. The molecule has 2 aromatic carbocycles. The molecular weight excluding hydrogens is 495 g/mol. The van der Waals surface area contributed by atoms with Crippen molar-refractivity contribution < 1.29 is 5.11 Å². The van der Waals surface area contributed by atoms with E-state index in [-0.39, 0.29) is 6.10 Å². The van der Waals surface area contributed by atoms with Crippen LogP contribution in [0.15, 0.2) is 69.8 Å². The molecule has 1 fully saturated rings. The zero-order chi connectivity index (χ0) is 24.2. The Morgan fingerprint density at radius 3 is 2.54 bits per heavy atom. The van der Waals surface area contributed by atoms with Crippen molar-refractivity contribution in [2.45, 2.75) is 47.8 Å². The van der Waals surface area contributed by atoms with Gasteiger partial charge in [0.2, 0.25) is 5.95 Å². The minimum absolute atomic E-state index is 0.152. The third-order valence-electron chi connectivity index (χ3n) is 5.57. The lowest BCUT2D eigenvalue weighted by molar-refractivity contribution is 0.116. The van der Waals surface area contributed by atoms with Gasteiger partial charge in [-0.25, -0.2) is 9.29 Å². The highest BCUT2D eigenvalue weighted by Gasteiger charge is 2.18. The van der Waals surface area contributed by atoms with Crippen LogP contribution in [0, 0.1) is 0 Å². The number of nitrogens with one attached hydrogen (secondary N) is 2. The second kappa shape index (κ2) is 11.2. The van der Waals surface area contributed by atoms with E-state index in [1.165, 1.54) is 9.79 Å². The molecule has 35 heavy (non-hydrogen) atoms. The molecule has 0 aliphatic carbocycles. The third kappa shape index (κ3) is 6.29. The van der Waals surface area contributed by atoms with Gasteiger partial charge in [0.15, 0.2) is 5.82 Å². The monoisotopic (exact) mass is 523 g/mol. The Kier molecular flexibility index (Phi) is 7.79. The van der Waals surface area contributed by atoms with Gasteiger partial charge in [0.05, 0.1) is 22.0 Å². The summed E-state index contributed by atoms with van der Waals surface area (Å²) in [6.45, 7) is 6.22. The number of anilines is 4. The van der Waals surface area contributed by atoms with E-state index in [9.17, 15) is 5.11 Å². The Morgan fingerprint density at radius 1 is 1.00 bits per heavy atom. The van der Waals surface area contributed by atoms with E-state index in [4.69, 9.17) is 9.97 Å². The summed E-state index contributed by atoms with van der Waals surface area (Å²) in [5.41, 5.74) is 2.92. The summed E-state index contributed by atoms with van der Waals surface area (Å²) in [7, 11) is 0. The minimum Gasteiger partial charge on any atom is -0.393 e. The molecule has 0 amide bonds. The fraction of sp³-hybridized carbons (Fsp3) is 0.308. The van der Waals surface area contributed by atoms with E-state index in [2.05, 4.69) is 76.6 Å². The van der Waals surface area contributed by atoms with E-state index in [0.29, 0.717) is 11.2 Å². The zero-order valence-electron chi connectivity index (χ0n) is 19.8. The first-order valence-corrected chi connectivity index (χ1v) is 14.3. The van der Waals surface area contributed by atoms with Crippen molar-refractivity contribution in [3.63, 3.8) is 0 Å². The van der Waals surface area contributed by atoms with Crippen molar-refractivity contribution in [1.82, 2.24) is 14.3 Å². The zero-order valence-corrected chi connectivity index (χ0v) is 22.2. The number of aliphatic hydroxyl groups excluding tert-OH is 1. The highest BCUT2D eigenvalue weighted by atomic mass is 32.2. The van der Waals surface area contributed by atoms with Crippen LogP contribution in [0.25, 0.3) is 10.2 Å². The SMILES string of the molecule is CC(C)Sc1ccccc1Nc1nc(Nc2ccc(SN3CCC(O)CC3)cc2)nc2ccsc12. The number of hydrogen-bond acceptors (Lipinski definition) is 9. The molecule has 1 saturated heterocycles. The van der Waals surface area contributed by atoms with Crippen LogP contribution in [-0.2, 0) is 0 Å². The number of aliphatic hydroxyl groups is 1. The normalized spacial score (nSPS) is 15.1. The van der Waals surface area contributed by atoms with Crippen LogP contribution in [0.3, 0.4) is 0 Å². The summed E-state index contributed by atoms with van der Waals surface area (Å²) in [6.07, 6.45) is 1.53. The van der Waals surface area contributed by atoms with E-state index >= 15 is 0 Å². The van der Waals surface area contributed by atoms with Gasteiger partial charge in [-0.15, -0.1) is 23.1 Å². The molecule has 6 nitrogen and oxygen atoms in total. The maximum absolute atomic E-state index is 9.71. The van der Waals surface area contributed by atoms with Crippen LogP contribution in [0.1, 0.15) is 26.7 Å². The van der Waals surface area contributed by atoms with Crippen molar-refractivity contribution >= 4 is 68.4 Å². The van der Waals surface area contributed by atoms with Gasteiger partial charge >= 0.3 is 0 Å². The van der Waals surface area contributed by atoms with E-state index in [1.54, 1.807) is 23.3 Å². The maximum Gasteiger partial charge on any atom is 0.229 e. The van der Waals surface area contributed by atoms with Gasteiger partial charge in [-0.05, 0) is 72.6 Å². The topological polar surface area (TPSA) is 73.3 Å². The van der Waals surface area contributed by atoms with Gasteiger partial charge in [0.25, 0.3) is 0 Å². The summed E-state index contributed by atoms with van der Waals surface area (Å²) in [5, 5.41) is 19.2. The van der Waals surface area contributed by atoms with E-state index < -0.39 is 0 Å². The van der Waals surface area contributed by atoms with Crippen molar-refractivity contribution in [2.75, 3.05) is 23.7 Å². The Labute approximate surface area is 218 Å². The average Bonchev–Trinajstić information content (AvgIpc) is 3.32. The second-order valence-electron chi connectivity index (χ2n) is 8.72. The maximum atomic E-state index is 9.71. The minimum atomic E-state index is -0.152. The Morgan fingerprint density at radius 2 is 1.77 bits per heavy atom. The average molecular weight is 524 g/mol. The van der Waals surface area contributed by atoms with Crippen molar-refractivity contribution in [3.05, 3.63) is 60.0 Å². The van der Waals surface area contributed by atoms with Crippen LogP contribution >= 0.6 is 35.0 Å². The number of thioether (sulfide) groups is 1. The Bertz CT molecular complexity index is 1270. The fourth-order valence-corrected chi connectivity index (χ4v) is 6.51. The summed E-state index contributed by atoms with van der Waals surface area (Å²) in [5.74, 6) is 1.38. The van der Waals surface area contributed by atoms with Crippen LogP contribution in [-0.4, -0.2) is 43.8 Å². The van der Waals surface area contributed by atoms with Crippen LogP contribution in [0.5, 0.6) is 0 Å². The molecule has 0 bridgehead atoms. The lowest BCUT2D eigenvalue weighted by atomic mass is 10.1. The summed E-state index contributed by atoms with van der Waals surface area (Å²) < 4.78 is 3.36. The summed E-state index contributed by atoms with van der Waals surface area (Å²) >= 11 is 5.22. The molecule has 3 heterocycles. The predicted molar refractivity (Wildman–Crippen MR) is 151 cm³/mol. The number of benzene rings is 2. The molecule has 9 heteroatoms. The van der Waals surface area contributed by atoms with Crippen molar-refractivity contribution in [1.29, 1.82) is 0 Å². The highest BCUT2D eigenvalue weighted by molar-refractivity contribution is 8.00. The molecule has 1 aliphatic heterocycles. The molecule has 0 spiro atoms. The fourth-order valence-electron chi connectivity index (χ4n) is 3.87. The number of piperidine rings is 1. The Hall–Kier alpha value is -2.30. The molecule has 1 aliphatic rings. The lowest BCUT2D eigenvalue weighted by Crippen LogP contribution is -2.30. The molecule has 5 rings (SSSR count). The standard InChI is InChI=1S/C26H29N5OS3/c1-17(2)34-23-6-4-3-5-21(23)28-25-24-22(13-16-33-24)29-26(30-25)27-18-7-9-20(10-8-18)35-31-14-11-19(32)12-15-31/h3-10,13,16-17,19,32H,11-12,14-15H2,1-2H3,(H2,27,28,29,30). The number of aromatic nitrogens is 2. The largest absolute Gasteiger partial charge is 0.393 e. The number of nitrogens with zero attached hydrogens (tertiary/aromatic N) is 3. The van der Waals surface area contributed by atoms with Crippen LogP contribution in [0.4, 0.5) is 23.1 Å². The first-order chi connectivity index (χ1) is 17.0. The van der Waals surface area contributed by atoms with E-state index in [1.807, 2.05) is 23.9 Å². The first kappa shape index (κ1) is 24.4. The van der Waals surface area contributed by atoms with E-state index in [0.717, 1.165) is 53.3 Å². The second-order valence-corrected chi connectivity index (χ2v) is 12.4. The smallest absolute Gasteiger partial charge is 0.229 e. The van der Waals surface area contributed by atoms with Crippen molar-refractivity contribution in [3.8, 4) is 0 Å². The molecule has 2 aromatic heterocycles. The van der Waals surface area contributed by atoms with Gasteiger partial charge in [-0.3, -0.25) is 0 Å². The number of rotatable bonds is 8. The first-order valence-electron chi connectivity index (χ1n) is 11.8. The number of para-hydroxylation sites is 1. The van der Waals surface area contributed by atoms with Gasteiger partial charge in [-0.1, -0.05) is 26.0 Å². The highest BCUT2D eigenvalue weighted by Crippen LogP contribution is 2.35. The number of fused-ring (bicyclic) bond motifs is 1.